The summed E-state index contributed by atoms with van der Waals surface area (Å²) in [6, 6.07) is 2.95. The number of aromatic nitrogens is 2. The highest BCUT2D eigenvalue weighted by Gasteiger charge is 2.37. The number of amides is 2. The Balaban J connectivity index is 1.77. The number of carbonyl (C=O) groups is 2. The number of thiazole rings is 1. The van der Waals surface area contributed by atoms with Crippen molar-refractivity contribution in [3.05, 3.63) is 41.1 Å². The van der Waals surface area contributed by atoms with Gasteiger partial charge in [-0.15, -0.1) is 11.3 Å². The van der Waals surface area contributed by atoms with Gasteiger partial charge in [0.2, 0.25) is 0 Å². The van der Waals surface area contributed by atoms with Gasteiger partial charge >= 0.3 is 6.09 Å². The molecule has 10 heteroatoms. The summed E-state index contributed by atoms with van der Waals surface area (Å²) in [6.07, 6.45) is 3.48. The van der Waals surface area contributed by atoms with Gasteiger partial charge in [0.1, 0.15) is 10.6 Å². The maximum atomic E-state index is 12.2. The Hall–Kier alpha value is -2.04. The van der Waals surface area contributed by atoms with E-state index in [-0.39, 0.29) is 16.9 Å². The van der Waals surface area contributed by atoms with Crippen molar-refractivity contribution < 1.29 is 14.7 Å². The van der Waals surface area contributed by atoms with E-state index in [1.54, 1.807) is 40.4 Å². The summed E-state index contributed by atoms with van der Waals surface area (Å²) in [4.78, 5) is 32.9. The Kier molecular flexibility index (Phi) is 5.61. The van der Waals surface area contributed by atoms with E-state index in [4.69, 9.17) is 0 Å². The summed E-state index contributed by atoms with van der Waals surface area (Å²) in [5.74, 6) is -0.308. The molecule has 3 rings (SSSR count). The largest absolute Gasteiger partial charge is 0.465 e. The SMILES string of the molecule is O=C(NN1CCCC(N(C(=O)O)c2ccncc2)C1Br)c1cscn1. The van der Waals surface area contributed by atoms with E-state index in [0.29, 0.717) is 24.3 Å². The second-order valence-corrected chi connectivity index (χ2v) is 7.11. The van der Waals surface area contributed by atoms with E-state index in [2.05, 4.69) is 31.3 Å². The van der Waals surface area contributed by atoms with Crippen LogP contribution in [0.2, 0.25) is 0 Å². The second kappa shape index (κ2) is 7.89. The van der Waals surface area contributed by atoms with Crippen LogP contribution in [0.15, 0.2) is 35.4 Å². The molecule has 2 amide bonds. The number of nitrogens with one attached hydrogen (secondary N) is 1. The molecule has 1 aliphatic rings. The molecule has 2 N–H and O–H groups in total. The Morgan fingerprint density at radius 1 is 1.40 bits per heavy atom. The standard InChI is InChI=1S/C15H16BrN5O3S/c16-13-12(21(15(23)24)10-3-5-17-6-4-10)2-1-7-20(13)19-14(22)11-8-25-9-18-11/h3-6,8-9,12-13H,1-2,7H2,(H,19,22)(H,23,24). The van der Waals surface area contributed by atoms with Crippen LogP contribution in [0.3, 0.4) is 0 Å². The molecule has 1 aliphatic heterocycles. The number of carboxylic acid groups (broad SMARTS) is 1. The summed E-state index contributed by atoms with van der Waals surface area (Å²) in [5, 5.41) is 13.1. The highest BCUT2D eigenvalue weighted by Crippen LogP contribution is 2.29. The first-order valence-corrected chi connectivity index (χ1v) is 9.46. The highest BCUT2D eigenvalue weighted by molar-refractivity contribution is 9.09. The molecule has 8 nitrogen and oxygen atoms in total. The zero-order chi connectivity index (χ0) is 17.8. The minimum Gasteiger partial charge on any atom is -0.465 e. The monoisotopic (exact) mass is 425 g/mol. The fourth-order valence-electron chi connectivity index (χ4n) is 2.77. The van der Waals surface area contributed by atoms with Crippen LogP contribution in [0.5, 0.6) is 0 Å². The summed E-state index contributed by atoms with van der Waals surface area (Å²) in [5.41, 5.74) is 5.29. The summed E-state index contributed by atoms with van der Waals surface area (Å²) in [6.45, 7) is 0.617. The minimum atomic E-state index is -1.05. The first-order chi connectivity index (χ1) is 12.1. The van der Waals surface area contributed by atoms with Crippen molar-refractivity contribution in [3.8, 4) is 0 Å². The molecular weight excluding hydrogens is 410 g/mol. The van der Waals surface area contributed by atoms with Gasteiger partial charge in [-0.25, -0.2) is 14.8 Å². The van der Waals surface area contributed by atoms with Gasteiger partial charge in [-0.1, -0.05) is 15.9 Å². The maximum Gasteiger partial charge on any atom is 0.412 e. The third kappa shape index (κ3) is 3.97. The zero-order valence-electron chi connectivity index (χ0n) is 13.1. The van der Waals surface area contributed by atoms with E-state index in [1.165, 1.54) is 16.2 Å². The van der Waals surface area contributed by atoms with Crippen molar-refractivity contribution in [2.75, 3.05) is 11.4 Å². The lowest BCUT2D eigenvalue weighted by atomic mass is 10.0. The Morgan fingerprint density at radius 3 is 2.80 bits per heavy atom. The molecule has 2 unspecified atom stereocenters. The molecule has 0 bridgehead atoms. The molecule has 0 saturated carbocycles. The van der Waals surface area contributed by atoms with Crippen molar-refractivity contribution in [3.63, 3.8) is 0 Å². The van der Waals surface area contributed by atoms with Crippen molar-refractivity contribution >= 4 is 45.0 Å². The summed E-state index contributed by atoms with van der Waals surface area (Å²) < 4.78 is 0. The molecule has 3 heterocycles. The smallest absolute Gasteiger partial charge is 0.412 e. The van der Waals surface area contributed by atoms with Gasteiger partial charge < -0.3 is 5.11 Å². The Labute approximate surface area is 156 Å². The number of piperidine rings is 1. The third-order valence-electron chi connectivity index (χ3n) is 3.90. The van der Waals surface area contributed by atoms with Gasteiger partial charge in [0, 0.05) is 24.3 Å². The van der Waals surface area contributed by atoms with Crippen molar-refractivity contribution in [1.82, 2.24) is 20.4 Å². The Morgan fingerprint density at radius 2 is 2.16 bits per heavy atom. The number of pyridine rings is 1. The normalized spacial score (nSPS) is 20.8. The minimum absolute atomic E-state index is 0.308. The van der Waals surface area contributed by atoms with Crippen LogP contribution in [-0.2, 0) is 0 Å². The van der Waals surface area contributed by atoms with Crippen LogP contribution in [0.4, 0.5) is 10.5 Å². The zero-order valence-corrected chi connectivity index (χ0v) is 15.5. The number of hydrazine groups is 1. The van der Waals surface area contributed by atoms with Gasteiger partial charge in [-0.2, -0.15) is 0 Å². The number of hydrogen-bond donors (Lipinski definition) is 2. The van der Waals surface area contributed by atoms with E-state index in [9.17, 15) is 14.7 Å². The fraction of sp³-hybridized carbons (Fsp3) is 0.333. The molecule has 0 radical (unpaired) electrons. The average molecular weight is 426 g/mol. The third-order valence-corrected chi connectivity index (χ3v) is 5.59. The van der Waals surface area contributed by atoms with Gasteiger partial charge in [-0.3, -0.25) is 20.1 Å². The van der Waals surface area contributed by atoms with Crippen LogP contribution >= 0.6 is 27.3 Å². The first kappa shape index (κ1) is 17.8. The van der Waals surface area contributed by atoms with Gasteiger partial charge in [-0.05, 0) is 25.0 Å². The predicted octanol–water partition coefficient (Wildman–Crippen LogP) is 2.55. The average Bonchev–Trinajstić information content (AvgIpc) is 3.14. The Bertz CT molecular complexity index is 730. The fourth-order valence-corrected chi connectivity index (χ4v) is 4.11. The molecule has 132 valence electrons. The molecule has 1 saturated heterocycles. The number of rotatable bonds is 4. The quantitative estimate of drug-likeness (QED) is 0.576. The van der Waals surface area contributed by atoms with Gasteiger partial charge in [0.15, 0.2) is 0 Å². The van der Waals surface area contributed by atoms with Crippen molar-refractivity contribution in [2.24, 2.45) is 0 Å². The lowest BCUT2D eigenvalue weighted by Gasteiger charge is -2.42. The molecular formula is C15H16BrN5O3S. The van der Waals surface area contributed by atoms with Crippen LogP contribution in [0.25, 0.3) is 0 Å². The highest BCUT2D eigenvalue weighted by atomic mass is 79.9. The van der Waals surface area contributed by atoms with E-state index >= 15 is 0 Å². The summed E-state index contributed by atoms with van der Waals surface area (Å²) >= 11 is 4.90. The lowest BCUT2D eigenvalue weighted by Crippen LogP contribution is -2.59. The number of nitrogens with zero attached hydrogens (tertiary/aromatic N) is 4. The van der Waals surface area contributed by atoms with E-state index < -0.39 is 6.09 Å². The number of hydrogen-bond acceptors (Lipinski definition) is 6. The second-order valence-electron chi connectivity index (χ2n) is 5.45. The number of anilines is 1. The topological polar surface area (TPSA) is 98.7 Å². The molecule has 0 spiro atoms. The predicted molar refractivity (Wildman–Crippen MR) is 96.8 cm³/mol. The van der Waals surface area contributed by atoms with Crippen LogP contribution in [0, 0.1) is 0 Å². The number of halogens is 1. The number of alkyl halides is 1. The van der Waals surface area contributed by atoms with Gasteiger partial charge in [0.05, 0.1) is 17.2 Å². The molecule has 2 atom stereocenters. The van der Waals surface area contributed by atoms with Crippen LogP contribution in [0.1, 0.15) is 23.3 Å². The van der Waals surface area contributed by atoms with Crippen molar-refractivity contribution in [1.29, 1.82) is 0 Å². The lowest BCUT2D eigenvalue weighted by molar-refractivity contribution is 0.0685. The van der Waals surface area contributed by atoms with Crippen LogP contribution < -0.4 is 10.3 Å². The molecule has 2 aromatic rings. The molecule has 2 aromatic heterocycles. The van der Waals surface area contributed by atoms with E-state index in [0.717, 1.165) is 6.42 Å². The first-order valence-electron chi connectivity index (χ1n) is 7.60. The van der Waals surface area contributed by atoms with Gasteiger partial charge in [0.25, 0.3) is 5.91 Å². The molecule has 0 aromatic carbocycles. The molecule has 25 heavy (non-hydrogen) atoms. The molecule has 0 aliphatic carbocycles. The number of carbonyl (C=O) groups excluding carboxylic acids is 1. The van der Waals surface area contributed by atoms with E-state index in [1.807, 2.05) is 0 Å². The van der Waals surface area contributed by atoms with Crippen LogP contribution in [-0.4, -0.2) is 49.6 Å². The summed E-state index contributed by atoms with van der Waals surface area (Å²) in [7, 11) is 0. The molecule has 1 fully saturated rings. The maximum absolute atomic E-state index is 12.2. The van der Waals surface area contributed by atoms with Crippen molar-refractivity contribution in [2.45, 2.75) is 23.8 Å².